The van der Waals surface area contributed by atoms with E-state index < -0.39 is 0 Å². The van der Waals surface area contributed by atoms with Gasteiger partial charge in [-0.25, -0.2) is 4.98 Å². The molecule has 0 saturated carbocycles. The SMILES string of the molecule is CCNc1ccc(Cl)c(COCCc2cccs2)n1. The van der Waals surface area contributed by atoms with E-state index in [-0.39, 0.29) is 0 Å². The van der Waals surface area contributed by atoms with Gasteiger partial charge in [0.15, 0.2) is 0 Å². The Bertz CT molecular complexity index is 502. The Labute approximate surface area is 122 Å². The minimum Gasteiger partial charge on any atom is -0.375 e. The van der Waals surface area contributed by atoms with Crippen LogP contribution < -0.4 is 5.32 Å². The number of nitrogens with zero attached hydrogens (tertiary/aromatic N) is 1. The molecule has 0 aliphatic heterocycles. The number of pyridine rings is 1. The number of hydrogen-bond donors (Lipinski definition) is 1. The van der Waals surface area contributed by atoms with Gasteiger partial charge in [-0.1, -0.05) is 17.7 Å². The van der Waals surface area contributed by atoms with E-state index in [0.29, 0.717) is 18.2 Å². The summed E-state index contributed by atoms with van der Waals surface area (Å²) in [5, 5.41) is 5.89. The van der Waals surface area contributed by atoms with Crippen LogP contribution in [0.25, 0.3) is 0 Å². The average molecular weight is 297 g/mol. The normalized spacial score (nSPS) is 10.6. The predicted molar refractivity (Wildman–Crippen MR) is 81.1 cm³/mol. The maximum absolute atomic E-state index is 6.11. The van der Waals surface area contributed by atoms with E-state index in [4.69, 9.17) is 16.3 Å². The van der Waals surface area contributed by atoms with Gasteiger partial charge in [0.25, 0.3) is 0 Å². The van der Waals surface area contributed by atoms with E-state index in [0.717, 1.165) is 24.5 Å². The van der Waals surface area contributed by atoms with E-state index in [1.165, 1.54) is 4.88 Å². The van der Waals surface area contributed by atoms with Crippen LogP contribution in [0.3, 0.4) is 0 Å². The summed E-state index contributed by atoms with van der Waals surface area (Å²) in [4.78, 5) is 5.76. The van der Waals surface area contributed by atoms with E-state index in [1.807, 2.05) is 19.1 Å². The van der Waals surface area contributed by atoms with Gasteiger partial charge < -0.3 is 10.1 Å². The Morgan fingerprint density at radius 2 is 2.26 bits per heavy atom. The van der Waals surface area contributed by atoms with E-state index in [2.05, 4.69) is 27.8 Å². The maximum Gasteiger partial charge on any atom is 0.126 e. The molecule has 0 fully saturated rings. The lowest BCUT2D eigenvalue weighted by Crippen LogP contribution is -2.04. The van der Waals surface area contributed by atoms with Crippen LogP contribution >= 0.6 is 22.9 Å². The number of ether oxygens (including phenoxy) is 1. The minimum atomic E-state index is 0.448. The van der Waals surface area contributed by atoms with Gasteiger partial charge in [0.05, 0.1) is 23.9 Å². The monoisotopic (exact) mass is 296 g/mol. The van der Waals surface area contributed by atoms with E-state index in [9.17, 15) is 0 Å². The van der Waals surface area contributed by atoms with Crippen molar-refractivity contribution in [2.75, 3.05) is 18.5 Å². The van der Waals surface area contributed by atoms with Gasteiger partial charge in [0.1, 0.15) is 5.82 Å². The van der Waals surface area contributed by atoms with Crippen LogP contribution in [0.15, 0.2) is 29.6 Å². The number of rotatable bonds is 7. The van der Waals surface area contributed by atoms with Crippen molar-refractivity contribution < 1.29 is 4.74 Å². The number of thiophene rings is 1. The summed E-state index contributed by atoms with van der Waals surface area (Å²) >= 11 is 7.86. The second-order valence-electron chi connectivity index (χ2n) is 4.04. The van der Waals surface area contributed by atoms with Gasteiger partial charge in [0.2, 0.25) is 0 Å². The van der Waals surface area contributed by atoms with Crippen LogP contribution in [0.4, 0.5) is 5.82 Å². The van der Waals surface area contributed by atoms with Crippen LogP contribution in [0.5, 0.6) is 0 Å². The molecule has 0 spiro atoms. The second kappa shape index (κ2) is 7.48. The highest BCUT2D eigenvalue weighted by molar-refractivity contribution is 7.09. The highest BCUT2D eigenvalue weighted by Gasteiger charge is 2.04. The molecule has 2 rings (SSSR count). The first-order valence-corrected chi connectivity index (χ1v) is 7.54. The molecule has 0 amide bonds. The molecule has 2 aromatic rings. The van der Waals surface area contributed by atoms with Crippen LogP contribution in [-0.4, -0.2) is 18.1 Å². The van der Waals surface area contributed by atoms with Gasteiger partial charge >= 0.3 is 0 Å². The largest absolute Gasteiger partial charge is 0.375 e. The number of aromatic nitrogens is 1. The third-order valence-corrected chi connectivity index (χ3v) is 3.87. The molecule has 3 nitrogen and oxygen atoms in total. The molecule has 2 aromatic heterocycles. The quantitative estimate of drug-likeness (QED) is 0.785. The topological polar surface area (TPSA) is 34.1 Å². The Kier molecular flexibility index (Phi) is 5.63. The zero-order valence-corrected chi connectivity index (χ0v) is 12.4. The smallest absolute Gasteiger partial charge is 0.126 e. The summed E-state index contributed by atoms with van der Waals surface area (Å²) < 4.78 is 5.64. The molecule has 102 valence electrons. The van der Waals surface area contributed by atoms with Gasteiger partial charge in [-0.2, -0.15) is 0 Å². The summed E-state index contributed by atoms with van der Waals surface area (Å²) in [5.41, 5.74) is 0.784. The summed E-state index contributed by atoms with van der Waals surface area (Å²) in [6.45, 7) is 4.01. The Morgan fingerprint density at radius 1 is 1.37 bits per heavy atom. The zero-order valence-electron chi connectivity index (χ0n) is 10.9. The lowest BCUT2D eigenvalue weighted by atomic mass is 10.3. The van der Waals surface area contributed by atoms with Crippen molar-refractivity contribution >= 4 is 28.8 Å². The molecule has 0 saturated heterocycles. The van der Waals surface area contributed by atoms with Crippen molar-refractivity contribution in [3.63, 3.8) is 0 Å². The van der Waals surface area contributed by atoms with Crippen molar-refractivity contribution in [1.82, 2.24) is 4.98 Å². The summed E-state index contributed by atoms with van der Waals surface area (Å²) in [6.07, 6.45) is 0.933. The van der Waals surface area contributed by atoms with Crippen molar-refractivity contribution in [2.24, 2.45) is 0 Å². The third-order valence-electron chi connectivity index (χ3n) is 2.59. The number of halogens is 1. The summed E-state index contributed by atoms with van der Waals surface area (Å²) in [6, 6.07) is 7.90. The van der Waals surface area contributed by atoms with Gasteiger partial charge in [-0.05, 0) is 30.5 Å². The molecule has 5 heteroatoms. The molecule has 2 heterocycles. The number of anilines is 1. The molecule has 0 radical (unpaired) electrons. The van der Waals surface area contributed by atoms with Crippen LogP contribution in [0.2, 0.25) is 5.02 Å². The first kappa shape index (κ1) is 14.3. The Morgan fingerprint density at radius 3 is 3.00 bits per heavy atom. The fraction of sp³-hybridized carbons (Fsp3) is 0.357. The zero-order chi connectivity index (χ0) is 13.5. The van der Waals surface area contributed by atoms with Crippen LogP contribution in [-0.2, 0) is 17.8 Å². The number of nitrogens with one attached hydrogen (secondary N) is 1. The number of hydrogen-bond acceptors (Lipinski definition) is 4. The third kappa shape index (κ3) is 4.49. The molecule has 0 aliphatic carbocycles. The molecule has 0 bridgehead atoms. The average Bonchev–Trinajstić information content (AvgIpc) is 2.91. The molecular weight excluding hydrogens is 280 g/mol. The van der Waals surface area contributed by atoms with Crippen molar-refractivity contribution in [3.8, 4) is 0 Å². The van der Waals surface area contributed by atoms with E-state index >= 15 is 0 Å². The Balaban J connectivity index is 1.83. The van der Waals surface area contributed by atoms with Crippen LogP contribution in [0.1, 0.15) is 17.5 Å². The fourth-order valence-electron chi connectivity index (χ4n) is 1.66. The molecule has 0 aromatic carbocycles. The lowest BCUT2D eigenvalue weighted by molar-refractivity contribution is 0.122. The summed E-state index contributed by atoms with van der Waals surface area (Å²) in [7, 11) is 0. The van der Waals surface area contributed by atoms with Crippen molar-refractivity contribution in [2.45, 2.75) is 20.0 Å². The first-order chi connectivity index (χ1) is 9.29. The van der Waals surface area contributed by atoms with Crippen LogP contribution in [0, 0.1) is 0 Å². The second-order valence-corrected chi connectivity index (χ2v) is 5.48. The van der Waals surface area contributed by atoms with Crippen molar-refractivity contribution in [3.05, 3.63) is 45.2 Å². The van der Waals surface area contributed by atoms with Gasteiger partial charge in [-0.3, -0.25) is 0 Å². The molecule has 0 unspecified atom stereocenters. The Hall–Kier alpha value is -1.10. The molecule has 1 N–H and O–H groups in total. The molecule has 0 atom stereocenters. The highest BCUT2D eigenvalue weighted by Crippen LogP contribution is 2.18. The van der Waals surface area contributed by atoms with Gasteiger partial charge in [-0.15, -0.1) is 11.3 Å². The minimum absolute atomic E-state index is 0.448. The fourth-order valence-corrected chi connectivity index (χ4v) is 2.51. The predicted octanol–water partition coefficient (Wildman–Crippen LogP) is 3.99. The van der Waals surface area contributed by atoms with Gasteiger partial charge in [0, 0.05) is 17.8 Å². The van der Waals surface area contributed by atoms with Crippen molar-refractivity contribution in [1.29, 1.82) is 0 Å². The lowest BCUT2D eigenvalue weighted by Gasteiger charge is -2.08. The molecular formula is C14H17ClN2OS. The maximum atomic E-state index is 6.11. The molecule has 0 aliphatic rings. The summed E-state index contributed by atoms with van der Waals surface area (Å²) in [5.74, 6) is 0.837. The first-order valence-electron chi connectivity index (χ1n) is 6.29. The standard InChI is InChI=1S/C14H17ClN2OS/c1-2-16-14-6-5-12(15)13(17-14)10-18-8-7-11-4-3-9-19-11/h3-6,9H,2,7-8,10H2,1H3,(H,16,17). The highest BCUT2D eigenvalue weighted by atomic mass is 35.5. The van der Waals surface area contributed by atoms with E-state index in [1.54, 1.807) is 11.3 Å². The molecule has 19 heavy (non-hydrogen) atoms.